The fraction of sp³-hybridized carbons (Fsp3) is 0.510. The fourth-order valence-corrected chi connectivity index (χ4v) is 10.3. The maximum atomic E-state index is 13.3. The molecule has 2 atom stereocenters. The molecule has 2 saturated carbocycles. The van der Waals surface area contributed by atoms with Crippen LogP contribution < -0.4 is 25.2 Å². The molecule has 66 heavy (non-hydrogen) atoms. The van der Waals surface area contributed by atoms with Crippen molar-refractivity contribution in [2.45, 2.75) is 121 Å². The van der Waals surface area contributed by atoms with Crippen LogP contribution in [-0.2, 0) is 25.7 Å². The number of imide groups is 1. The monoisotopic (exact) mass is 897 g/mol. The van der Waals surface area contributed by atoms with Gasteiger partial charge in [0.25, 0.3) is 5.91 Å². The predicted molar refractivity (Wildman–Crippen MR) is 248 cm³/mol. The Bertz CT molecular complexity index is 2540. The van der Waals surface area contributed by atoms with E-state index in [9.17, 15) is 19.2 Å². The van der Waals surface area contributed by atoms with Gasteiger partial charge in [0.15, 0.2) is 5.82 Å². The Morgan fingerprint density at radius 2 is 1.80 bits per heavy atom. The number of rotatable bonds is 14. The molecule has 2 aliphatic carbocycles. The summed E-state index contributed by atoms with van der Waals surface area (Å²) in [5.41, 5.74) is 5.29. The molecule has 2 N–H and O–H groups in total. The number of aromatic nitrogens is 5. The highest BCUT2D eigenvalue weighted by Gasteiger charge is 2.42. The van der Waals surface area contributed by atoms with E-state index in [0.29, 0.717) is 62.3 Å². The van der Waals surface area contributed by atoms with Crippen LogP contribution in [0.4, 0.5) is 23.1 Å². The molecule has 3 fully saturated rings. The number of likely N-dealkylation sites (N-methyl/N-ethyl adjacent to an activating group) is 2. The van der Waals surface area contributed by atoms with E-state index in [-0.39, 0.29) is 42.3 Å². The van der Waals surface area contributed by atoms with E-state index < -0.39 is 11.9 Å². The standard InChI is InChI=1S/C49H59N11O6/c1-5-40-48(64)57(3)42-28-50-49(53-45(42)60(40)35-13-6-7-14-35)51-38-21-16-32(27-43(38)65-4)39-30-59(55-54-39)34-19-17-33(18-20-34)56(2)24-26-66-25-9-8-11-31-12-10-15-36-37(31)29-58(47(36)63)41-22-23-44(61)52-46(41)62/h10,12,15-16,21,27-28,30,33-35,40-41H,5-7,9,13-14,17-20,22-26,29H2,1-4H3,(H,50,51,53)(H,52,61,62)/t33?,34?,40-,41?/m1/s1. The predicted octanol–water partition coefficient (Wildman–Crippen LogP) is 5.63. The highest BCUT2D eigenvalue weighted by Crippen LogP contribution is 2.41. The number of fused-ring (bicyclic) bond motifs is 2. The van der Waals surface area contributed by atoms with Gasteiger partial charge < -0.3 is 34.4 Å². The van der Waals surface area contributed by atoms with Gasteiger partial charge in [0.1, 0.15) is 29.2 Å². The molecule has 4 amide bonds. The smallest absolute Gasteiger partial charge is 0.255 e. The third-order valence-electron chi connectivity index (χ3n) is 14.1. The molecular weight excluding hydrogens is 839 g/mol. The van der Waals surface area contributed by atoms with Crippen LogP contribution in [0.25, 0.3) is 11.3 Å². The van der Waals surface area contributed by atoms with Crippen molar-refractivity contribution in [3.05, 3.63) is 65.5 Å². The summed E-state index contributed by atoms with van der Waals surface area (Å²) in [4.78, 5) is 68.0. The molecule has 0 spiro atoms. The quantitative estimate of drug-likeness (QED) is 0.0905. The lowest BCUT2D eigenvalue weighted by molar-refractivity contribution is -0.137. The number of piperidine rings is 1. The number of anilines is 4. The van der Waals surface area contributed by atoms with Crippen LogP contribution in [0.2, 0.25) is 0 Å². The molecule has 2 aromatic carbocycles. The molecule has 2 aromatic heterocycles. The zero-order chi connectivity index (χ0) is 45.9. The number of amides is 4. The summed E-state index contributed by atoms with van der Waals surface area (Å²) in [6.07, 6.45) is 14.1. The van der Waals surface area contributed by atoms with E-state index in [1.165, 1.54) is 0 Å². The number of hydrogen-bond acceptors (Lipinski definition) is 13. The number of methoxy groups -OCH3 is 1. The number of nitrogens with one attached hydrogen (secondary N) is 2. The summed E-state index contributed by atoms with van der Waals surface area (Å²) in [6, 6.07) is 11.5. The molecule has 17 nitrogen and oxygen atoms in total. The van der Waals surface area contributed by atoms with Crippen LogP contribution in [0, 0.1) is 11.8 Å². The number of ether oxygens (including phenoxy) is 2. The number of benzene rings is 2. The van der Waals surface area contributed by atoms with Gasteiger partial charge in [-0.05, 0) is 88.2 Å². The lowest BCUT2D eigenvalue weighted by atomic mass is 9.90. The first-order valence-corrected chi connectivity index (χ1v) is 23.4. The van der Waals surface area contributed by atoms with E-state index in [1.54, 1.807) is 29.2 Å². The van der Waals surface area contributed by atoms with Crippen LogP contribution in [0.5, 0.6) is 5.75 Å². The van der Waals surface area contributed by atoms with Gasteiger partial charge in [-0.15, -0.1) is 5.10 Å². The van der Waals surface area contributed by atoms with Crippen molar-refractivity contribution in [3.8, 4) is 28.8 Å². The van der Waals surface area contributed by atoms with E-state index >= 15 is 0 Å². The summed E-state index contributed by atoms with van der Waals surface area (Å²) in [6.45, 7) is 4.30. The van der Waals surface area contributed by atoms with Crippen molar-refractivity contribution in [1.82, 2.24) is 40.1 Å². The second kappa shape index (κ2) is 19.6. The number of hydrogen-bond donors (Lipinski definition) is 2. The molecular formula is C49H59N11O6. The minimum atomic E-state index is -0.650. The Morgan fingerprint density at radius 1 is 0.985 bits per heavy atom. The molecule has 17 heteroatoms. The van der Waals surface area contributed by atoms with Crippen molar-refractivity contribution < 1.29 is 28.7 Å². The van der Waals surface area contributed by atoms with E-state index in [0.717, 1.165) is 97.5 Å². The van der Waals surface area contributed by atoms with Crippen LogP contribution in [0.1, 0.15) is 112 Å². The van der Waals surface area contributed by atoms with E-state index in [4.69, 9.17) is 14.5 Å². The largest absolute Gasteiger partial charge is 0.495 e. The van der Waals surface area contributed by atoms with Crippen LogP contribution in [-0.4, -0.2) is 124 Å². The molecule has 9 rings (SSSR count). The maximum absolute atomic E-state index is 13.3. The zero-order valence-corrected chi connectivity index (χ0v) is 38.3. The molecule has 1 saturated heterocycles. The van der Waals surface area contributed by atoms with Gasteiger partial charge in [-0.3, -0.25) is 24.5 Å². The van der Waals surface area contributed by atoms with Crippen molar-refractivity contribution in [3.63, 3.8) is 0 Å². The third-order valence-corrected chi connectivity index (χ3v) is 14.1. The van der Waals surface area contributed by atoms with Crippen molar-refractivity contribution in [2.24, 2.45) is 0 Å². The van der Waals surface area contributed by atoms with Gasteiger partial charge in [-0.25, -0.2) is 9.67 Å². The van der Waals surface area contributed by atoms with Crippen LogP contribution in [0.3, 0.4) is 0 Å². The fourth-order valence-electron chi connectivity index (χ4n) is 10.3. The highest BCUT2D eigenvalue weighted by atomic mass is 16.5. The summed E-state index contributed by atoms with van der Waals surface area (Å²) in [5.74, 6) is 7.45. The average Bonchev–Trinajstić information content (AvgIpc) is 4.12. The number of carbonyl (C=O) groups excluding carboxylic acids is 4. The van der Waals surface area contributed by atoms with Gasteiger partial charge >= 0.3 is 0 Å². The first kappa shape index (κ1) is 44.8. The summed E-state index contributed by atoms with van der Waals surface area (Å²) in [7, 11) is 5.61. The molecule has 3 aliphatic heterocycles. The van der Waals surface area contributed by atoms with Crippen molar-refractivity contribution >= 4 is 46.8 Å². The Hall–Kier alpha value is -6.38. The Kier molecular flexibility index (Phi) is 13.3. The number of nitrogens with zero attached hydrogens (tertiary/aromatic N) is 9. The summed E-state index contributed by atoms with van der Waals surface area (Å²) >= 11 is 0. The molecule has 0 radical (unpaired) electrons. The molecule has 5 heterocycles. The normalized spacial score (nSPS) is 22.0. The summed E-state index contributed by atoms with van der Waals surface area (Å²) < 4.78 is 13.8. The summed E-state index contributed by atoms with van der Waals surface area (Å²) in [5, 5.41) is 14.9. The van der Waals surface area contributed by atoms with E-state index in [1.807, 2.05) is 48.3 Å². The Labute approximate surface area is 385 Å². The van der Waals surface area contributed by atoms with Gasteiger partial charge in [0, 0.05) is 61.8 Å². The second-order valence-corrected chi connectivity index (χ2v) is 18.0. The van der Waals surface area contributed by atoms with Crippen molar-refractivity contribution in [2.75, 3.05) is 56.1 Å². The lowest BCUT2D eigenvalue weighted by Gasteiger charge is -2.43. The Balaban J connectivity index is 0.735. The lowest BCUT2D eigenvalue weighted by Crippen LogP contribution is -2.55. The van der Waals surface area contributed by atoms with E-state index in [2.05, 4.69) is 61.5 Å². The minimum Gasteiger partial charge on any atom is -0.495 e. The van der Waals surface area contributed by atoms with Crippen LogP contribution in [0.15, 0.2) is 48.8 Å². The van der Waals surface area contributed by atoms with Gasteiger partial charge in [-0.1, -0.05) is 49.0 Å². The molecule has 0 bridgehead atoms. The minimum absolute atomic E-state index is 0.0876. The van der Waals surface area contributed by atoms with Crippen LogP contribution >= 0.6 is 0 Å². The molecule has 4 aromatic rings. The van der Waals surface area contributed by atoms with Gasteiger partial charge in [-0.2, -0.15) is 4.98 Å². The maximum Gasteiger partial charge on any atom is 0.255 e. The molecule has 5 aliphatic rings. The highest BCUT2D eigenvalue weighted by molar-refractivity contribution is 6.06. The first-order chi connectivity index (χ1) is 32.1. The SMILES string of the molecule is CC[C@@H]1C(=O)N(C)c2cnc(Nc3ccc(-c4cn(C5CCC(N(C)CCOCCC#Cc6cccc7c6CN(C6CCC(=O)NC6=O)C7=O)CC5)nn4)cc3OC)nc2N1C1CCCC1. The van der Waals surface area contributed by atoms with Crippen molar-refractivity contribution in [1.29, 1.82) is 0 Å². The van der Waals surface area contributed by atoms with Gasteiger partial charge in [0.2, 0.25) is 23.7 Å². The first-order valence-electron chi connectivity index (χ1n) is 23.4. The Morgan fingerprint density at radius 3 is 2.58 bits per heavy atom. The number of carbonyl (C=O) groups is 4. The molecule has 1 unspecified atom stereocenters. The zero-order valence-electron chi connectivity index (χ0n) is 38.3. The average molecular weight is 898 g/mol. The third kappa shape index (κ3) is 9.08. The molecule has 346 valence electrons. The second-order valence-electron chi connectivity index (χ2n) is 18.0. The topological polar surface area (TPSA) is 180 Å². The van der Waals surface area contributed by atoms with Gasteiger partial charge in [0.05, 0.1) is 44.4 Å².